The van der Waals surface area contributed by atoms with E-state index in [0.717, 1.165) is 105 Å². The van der Waals surface area contributed by atoms with Crippen LogP contribution in [0.2, 0.25) is 0 Å². The molecule has 0 saturated carbocycles. The Morgan fingerprint density at radius 2 is 1.17 bits per heavy atom. The van der Waals surface area contributed by atoms with E-state index in [1.165, 1.54) is 12.2 Å². The first-order valence-corrected chi connectivity index (χ1v) is 13.8. The summed E-state index contributed by atoms with van der Waals surface area (Å²) >= 11 is 6.96. The minimum Gasteiger partial charge on any atom is -0.496 e. The van der Waals surface area contributed by atoms with Gasteiger partial charge in [0.05, 0.1) is 24.1 Å². The van der Waals surface area contributed by atoms with Crippen LogP contribution in [0.4, 0.5) is 0 Å². The Labute approximate surface area is 226 Å². The van der Waals surface area contributed by atoms with Crippen molar-refractivity contribution in [2.75, 3.05) is 24.9 Å². The number of aryl methyl sites for hydroxylation is 2. The lowest BCUT2D eigenvalue weighted by atomic mass is 9.78. The highest BCUT2D eigenvalue weighted by molar-refractivity contribution is 9.09. The number of methoxy groups -OCH3 is 2. The average Bonchev–Trinajstić information content (AvgIpc) is 2.86. The zero-order valence-electron chi connectivity index (χ0n) is 20.2. The summed E-state index contributed by atoms with van der Waals surface area (Å²) < 4.78 is 11.8. The third-order valence-corrected chi connectivity index (χ3v) is 7.36. The molecule has 2 aromatic carbocycles. The number of fused-ring (bicyclic) bond motifs is 2. The number of halogens is 2. The highest BCUT2D eigenvalue weighted by atomic mass is 79.9. The maximum absolute atomic E-state index is 11.1. The molecule has 192 valence electrons. The van der Waals surface area contributed by atoms with E-state index in [1.807, 2.05) is 12.1 Å². The van der Waals surface area contributed by atoms with Gasteiger partial charge in [-0.15, -0.1) is 0 Å². The molecule has 10 heteroatoms. The van der Waals surface area contributed by atoms with Crippen molar-refractivity contribution in [1.82, 2.24) is 0 Å². The summed E-state index contributed by atoms with van der Waals surface area (Å²) in [4.78, 5) is 21.3. The quantitative estimate of drug-likeness (QED) is 0.132. The summed E-state index contributed by atoms with van der Waals surface area (Å²) in [5.74, 6) is 1.57. The SMILES string of the molecule is COc1c(CCCBr)cc(/C=C/[N+](=O)[O-])c2c1Cc1c(c(/C=C/[N+](=O)[O-])cc(CCCBr)c1OC)C2. The molecule has 0 N–H and O–H groups in total. The van der Waals surface area contributed by atoms with Gasteiger partial charge in [0.2, 0.25) is 12.4 Å². The van der Waals surface area contributed by atoms with E-state index < -0.39 is 9.85 Å². The van der Waals surface area contributed by atoms with Crippen molar-refractivity contribution in [2.45, 2.75) is 38.5 Å². The molecule has 0 aromatic heterocycles. The lowest BCUT2D eigenvalue weighted by molar-refractivity contribution is -0.401. The third kappa shape index (κ3) is 6.34. The van der Waals surface area contributed by atoms with Crippen molar-refractivity contribution >= 4 is 44.0 Å². The van der Waals surface area contributed by atoms with Crippen LogP contribution in [-0.2, 0) is 25.7 Å². The van der Waals surface area contributed by atoms with E-state index in [4.69, 9.17) is 9.47 Å². The average molecular weight is 624 g/mol. The minimum atomic E-state index is -0.476. The lowest BCUT2D eigenvalue weighted by Crippen LogP contribution is -2.16. The molecule has 1 aliphatic carbocycles. The smallest absolute Gasteiger partial charge is 0.235 e. The number of hydrogen-bond donors (Lipinski definition) is 0. The van der Waals surface area contributed by atoms with Gasteiger partial charge >= 0.3 is 0 Å². The fraction of sp³-hybridized carbons (Fsp3) is 0.385. The molecular weight excluding hydrogens is 596 g/mol. The van der Waals surface area contributed by atoms with Crippen molar-refractivity contribution in [1.29, 1.82) is 0 Å². The lowest BCUT2D eigenvalue weighted by Gasteiger charge is -2.29. The maximum Gasteiger partial charge on any atom is 0.235 e. The fourth-order valence-corrected chi connectivity index (χ4v) is 5.37. The zero-order valence-corrected chi connectivity index (χ0v) is 23.4. The van der Waals surface area contributed by atoms with E-state index in [-0.39, 0.29) is 0 Å². The van der Waals surface area contributed by atoms with Gasteiger partial charge in [-0.1, -0.05) is 31.9 Å². The maximum atomic E-state index is 11.1. The molecule has 0 unspecified atom stereocenters. The van der Waals surface area contributed by atoms with E-state index in [1.54, 1.807) is 14.2 Å². The predicted molar refractivity (Wildman–Crippen MR) is 148 cm³/mol. The van der Waals surface area contributed by atoms with Gasteiger partial charge in [0.25, 0.3) is 0 Å². The van der Waals surface area contributed by atoms with Crippen molar-refractivity contribution in [3.05, 3.63) is 89.3 Å². The Morgan fingerprint density at radius 1 is 0.778 bits per heavy atom. The highest BCUT2D eigenvalue weighted by Gasteiger charge is 2.29. The summed E-state index contributed by atoms with van der Waals surface area (Å²) in [7, 11) is 3.29. The van der Waals surface area contributed by atoms with Crippen LogP contribution in [-0.4, -0.2) is 34.7 Å². The summed E-state index contributed by atoms with van der Waals surface area (Å²) in [6, 6.07) is 3.92. The topological polar surface area (TPSA) is 105 Å². The summed E-state index contributed by atoms with van der Waals surface area (Å²) in [5.41, 5.74) is 7.28. The second-order valence-corrected chi connectivity index (χ2v) is 9.96. The summed E-state index contributed by atoms with van der Waals surface area (Å²) in [6.45, 7) is 0. The Balaban J connectivity index is 2.29. The van der Waals surface area contributed by atoms with Crippen molar-refractivity contribution in [2.24, 2.45) is 0 Å². The van der Waals surface area contributed by atoms with Crippen LogP contribution >= 0.6 is 31.9 Å². The van der Waals surface area contributed by atoms with E-state index in [9.17, 15) is 20.2 Å². The van der Waals surface area contributed by atoms with Gasteiger partial charge in [-0.3, -0.25) is 20.2 Å². The number of hydrogen-bond acceptors (Lipinski definition) is 6. The normalized spacial score (nSPS) is 12.6. The molecule has 0 saturated heterocycles. The Kier molecular flexibility index (Phi) is 10.1. The molecule has 2 aromatic rings. The van der Waals surface area contributed by atoms with E-state index in [0.29, 0.717) is 12.8 Å². The number of nitrogens with zero attached hydrogens (tertiary/aromatic N) is 2. The zero-order chi connectivity index (χ0) is 26.2. The number of nitro groups is 2. The molecule has 8 nitrogen and oxygen atoms in total. The molecule has 0 atom stereocenters. The summed E-state index contributed by atoms with van der Waals surface area (Å²) in [5, 5.41) is 23.9. The molecule has 36 heavy (non-hydrogen) atoms. The van der Waals surface area contributed by atoms with E-state index >= 15 is 0 Å². The van der Waals surface area contributed by atoms with Crippen LogP contribution < -0.4 is 9.47 Å². The third-order valence-electron chi connectivity index (χ3n) is 6.24. The molecule has 3 rings (SSSR count). The van der Waals surface area contributed by atoms with Gasteiger partial charge in [-0.2, -0.15) is 0 Å². The summed E-state index contributed by atoms with van der Waals surface area (Å²) in [6.07, 6.45) is 9.18. The second-order valence-electron chi connectivity index (χ2n) is 8.37. The molecular formula is C26H28Br2N2O6. The van der Waals surface area contributed by atoms with Gasteiger partial charge in [-0.25, -0.2) is 0 Å². The molecule has 0 radical (unpaired) electrons. The molecule has 0 spiro atoms. The molecule has 1 aliphatic rings. The molecule has 0 aliphatic heterocycles. The molecule has 0 amide bonds. The number of alkyl halides is 2. The van der Waals surface area contributed by atoms with Crippen LogP contribution in [0.3, 0.4) is 0 Å². The highest BCUT2D eigenvalue weighted by Crippen LogP contribution is 2.44. The van der Waals surface area contributed by atoms with Gasteiger partial charge in [0.1, 0.15) is 11.5 Å². The van der Waals surface area contributed by atoms with Gasteiger partial charge in [-0.05, 0) is 77.6 Å². The first-order chi connectivity index (χ1) is 17.3. The standard InChI is InChI=1S/C26H28Br2N2O6/c1-35-25-19(5-3-9-27)13-17(7-11-29(31)32)21-15-22-18(8-12-30(33)34)14-20(6-4-10-28)26(36-2)24(22)16-23(21)25/h7-8,11-14H,3-6,9-10,15-16H2,1-2H3/b11-7+,12-8+. The van der Waals surface area contributed by atoms with Crippen LogP contribution in [0.25, 0.3) is 12.2 Å². The Hall–Kier alpha value is -2.72. The fourth-order valence-electron chi connectivity index (χ4n) is 4.81. The first-order valence-electron chi connectivity index (χ1n) is 11.5. The number of benzene rings is 2. The van der Waals surface area contributed by atoms with Gasteiger partial charge in [0, 0.05) is 40.4 Å². The molecule has 0 heterocycles. The second kappa shape index (κ2) is 13.0. The number of ether oxygens (including phenoxy) is 2. The monoisotopic (exact) mass is 622 g/mol. The number of rotatable bonds is 12. The van der Waals surface area contributed by atoms with Crippen molar-refractivity contribution < 1.29 is 19.3 Å². The predicted octanol–water partition coefficient (Wildman–Crippen LogP) is 6.35. The Morgan fingerprint density at radius 3 is 1.50 bits per heavy atom. The van der Waals surface area contributed by atoms with Gasteiger partial charge in [0.15, 0.2) is 0 Å². The Bertz CT molecular complexity index is 1120. The largest absolute Gasteiger partial charge is 0.496 e. The van der Waals surface area contributed by atoms with Crippen LogP contribution in [0.1, 0.15) is 57.3 Å². The van der Waals surface area contributed by atoms with Crippen molar-refractivity contribution in [3.8, 4) is 11.5 Å². The van der Waals surface area contributed by atoms with Gasteiger partial charge < -0.3 is 9.47 Å². The van der Waals surface area contributed by atoms with Crippen LogP contribution in [0.15, 0.2) is 24.5 Å². The van der Waals surface area contributed by atoms with E-state index in [2.05, 4.69) is 31.9 Å². The van der Waals surface area contributed by atoms with Crippen LogP contribution in [0.5, 0.6) is 11.5 Å². The minimum absolute atomic E-state index is 0.448. The molecule has 0 bridgehead atoms. The molecule has 0 fully saturated rings. The first kappa shape index (κ1) is 27.9. The van der Waals surface area contributed by atoms with Crippen molar-refractivity contribution in [3.63, 3.8) is 0 Å². The van der Waals surface area contributed by atoms with Crippen LogP contribution in [0, 0.1) is 20.2 Å².